The highest BCUT2D eigenvalue weighted by atomic mass is 15.1. The van der Waals surface area contributed by atoms with Crippen molar-refractivity contribution in [3.8, 4) is 0 Å². The van der Waals surface area contributed by atoms with Crippen LogP contribution >= 0.6 is 0 Å². The van der Waals surface area contributed by atoms with Crippen LogP contribution < -0.4 is 0 Å². The summed E-state index contributed by atoms with van der Waals surface area (Å²) in [5.74, 6) is 1.04. The van der Waals surface area contributed by atoms with Gasteiger partial charge in [0.2, 0.25) is 0 Å². The molecule has 0 aliphatic carbocycles. The molecule has 0 aromatic heterocycles. The molecular weight excluding hydrogens is 160 g/mol. The lowest BCUT2D eigenvalue weighted by atomic mass is 10.2. The lowest BCUT2D eigenvalue weighted by Crippen LogP contribution is -2.23. The molecule has 0 heterocycles. The van der Waals surface area contributed by atoms with E-state index in [0.29, 0.717) is 0 Å². The average molecular weight is 176 g/mol. The first-order valence-corrected chi connectivity index (χ1v) is 4.53. The molecule has 0 aliphatic rings. The molecule has 0 N–H and O–H groups in total. The summed E-state index contributed by atoms with van der Waals surface area (Å²) >= 11 is 0. The lowest BCUT2D eigenvalue weighted by molar-refractivity contribution is 0.620. The Kier molecular flexibility index (Phi) is 3.50. The van der Waals surface area contributed by atoms with E-state index in [1.54, 1.807) is 0 Å². The van der Waals surface area contributed by atoms with Gasteiger partial charge in [-0.25, -0.2) is 0 Å². The summed E-state index contributed by atoms with van der Waals surface area (Å²) in [6.07, 6.45) is 0. The van der Waals surface area contributed by atoms with Gasteiger partial charge >= 0.3 is 0 Å². The number of hydrogen-bond acceptors (Lipinski definition) is 1. The van der Waals surface area contributed by atoms with Gasteiger partial charge in [-0.2, -0.15) is 0 Å². The molecule has 2 nitrogen and oxygen atoms in total. The van der Waals surface area contributed by atoms with Gasteiger partial charge < -0.3 is 4.90 Å². The Balaban J connectivity index is 2.96. The molecule has 1 rings (SSSR count). The summed E-state index contributed by atoms with van der Waals surface area (Å²) in [6, 6.07) is 10.2. The summed E-state index contributed by atoms with van der Waals surface area (Å²) in [6.45, 7) is 2.87. The molecule has 1 aromatic rings. The molecule has 0 aliphatic heterocycles. The molecule has 0 spiro atoms. The molecule has 70 valence electrons. The molecule has 0 saturated carbocycles. The van der Waals surface area contributed by atoms with Crippen LogP contribution in [-0.2, 0) is 0 Å². The largest absolute Gasteiger partial charge is 0.363 e. The zero-order valence-corrected chi connectivity index (χ0v) is 8.49. The second-order valence-electron chi connectivity index (χ2n) is 3.06. The Hall–Kier alpha value is -1.31. The third kappa shape index (κ3) is 2.58. The molecule has 0 atom stereocenters. The van der Waals surface area contributed by atoms with E-state index in [2.05, 4.69) is 17.1 Å². The van der Waals surface area contributed by atoms with E-state index in [0.717, 1.165) is 12.4 Å². The Morgan fingerprint density at radius 2 is 1.85 bits per heavy atom. The summed E-state index contributed by atoms with van der Waals surface area (Å²) in [5, 5.41) is 0. The Morgan fingerprint density at radius 3 is 2.31 bits per heavy atom. The van der Waals surface area contributed by atoms with E-state index in [1.807, 2.05) is 44.1 Å². The van der Waals surface area contributed by atoms with Crippen molar-refractivity contribution in [2.75, 3.05) is 20.6 Å². The lowest BCUT2D eigenvalue weighted by Gasteiger charge is -2.15. The zero-order chi connectivity index (χ0) is 9.68. The van der Waals surface area contributed by atoms with Crippen molar-refractivity contribution in [1.29, 1.82) is 0 Å². The maximum absolute atomic E-state index is 4.44. The first-order valence-electron chi connectivity index (χ1n) is 4.53. The fourth-order valence-corrected chi connectivity index (χ4v) is 1.23. The molecule has 2 heteroatoms. The van der Waals surface area contributed by atoms with Gasteiger partial charge in [0.1, 0.15) is 5.84 Å². The monoisotopic (exact) mass is 176 g/mol. The molecular formula is C11H16N2. The summed E-state index contributed by atoms with van der Waals surface area (Å²) in [7, 11) is 4.03. The second kappa shape index (κ2) is 4.65. The van der Waals surface area contributed by atoms with Gasteiger partial charge in [0.05, 0.1) is 0 Å². The van der Waals surface area contributed by atoms with E-state index in [-0.39, 0.29) is 0 Å². The summed E-state index contributed by atoms with van der Waals surface area (Å²) in [4.78, 5) is 6.48. The number of amidine groups is 1. The highest BCUT2D eigenvalue weighted by Crippen LogP contribution is 2.02. The minimum atomic E-state index is 0.822. The van der Waals surface area contributed by atoms with Gasteiger partial charge in [-0.1, -0.05) is 30.3 Å². The van der Waals surface area contributed by atoms with Crippen molar-refractivity contribution < 1.29 is 0 Å². The highest BCUT2D eigenvalue weighted by Gasteiger charge is 2.02. The molecule has 13 heavy (non-hydrogen) atoms. The highest BCUT2D eigenvalue weighted by molar-refractivity contribution is 5.98. The minimum Gasteiger partial charge on any atom is -0.363 e. The van der Waals surface area contributed by atoms with Crippen LogP contribution in [0.3, 0.4) is 0 Å². The number of rotatable bonds is 2. The first kappa shape index (κ1) is 9.78. The zero-order valence-electron chi connectivity index (χ0n) is 8.49. The van der Waals surface area contributed by atoms with Crippen molar-refractivity contribution in [3.05, 3.63) is 35.9 Å². The minimum absolute atomic E-state index is 0.822. The topological polar surface area (TPSA) is 15.6 Å². The third-order valence-corrected chi connectivity index (χ3v) is 1.76. The van der Waals surface area contributed by atoms with Gasteiger partial charge in [-0.3, -0.25) is 4.99 Å². The molecule has 1 aromatic carbocycles. The van der Waals surface area contributed by atoms with E-state index < -0.39 is 0 Å². The quantitative estimate of drug-likeness (QED) is 0.497. The molecule has 0 saturated heterocycles. The number of benzene rings is 1. The molecule has 0 amide bonds. The Bertz CT molecular complexity index is 275. The van der Waals surface area contributed by atoms with Crippen LogP contribution in [0.4, 0.5) is 0 Å². The van der Waals surface area contributed by atoms with Crippen LogP contribution in [0.5, 0.6) is 0 Å². The first-order chi connectivity index (χ1) is 6.25. The fourth-order valence-electron chi connectivity index (χ4n) is 1.23. The normalized spacial score (nSPS) is 11.5. The van der Waals surface area contributed by atoms with Crippen molar-refractivity contribution in [3.63, 3.8) is 0 Å². The van der Waals surface area contributed by atoms with E-state index in [4.69, 9.17) is 0 Å². The fraction of sp³-hybridized carbons (Fsp3) is 0.364. The van der Waals surface area contributed by atoms with Crippen molar-refractivity contribution in [2.24, 2.45) is 4.99 Å². The van der Waals surface area contributed by atoms with Gasteiger partial charge in [0.15, 0.2) is 0 Å². The Morgan fingerprint density at radius 1 is 1.23 bits per heavy atom. The average Bonchev–Trinajstić information content (AvgIpc) is 2.15. The SMILES string of the molecule is CCN=C(c1ccccc1)N(C)C. The van der Waals surface area contributed by atoms with Crippen LogP contribution in [0.25, 0.3) is 0 Å². The van der Waals surface area contributed by atoms with Crippen molar-refractivity contribution >= 4 is 5.84 Å². The Labute approximate surface area is 79.9 Å². The molecule has 0 bridgehead atoms. The van der Waals surface area contributed by atoms with Gasteiger partial charge in [0, 0.05) is 26.2 Å². The predicted molar refractivity (Wildman–Crippen MR) is 57.2 cm³/mol. The van der Waals surface area contributed by atoms with Gasteiger partial charge in [0.25, 0.3) is 0 Å². The smallest absolute Gasteiger partial charge is 0.130 e. The summed E-state index contributed by atoms with van der Waals surface area (Å²) in [5.41, 5.74) is 1.18. The third-order valence-electron chi connectivity index (χ3n) is 1.76. The number of nitrogens with zero attached hydrogens (tertiary/aromatic N) is 2. The van der Waals surface area contributed by atoms with Crippen LogP contribution in [0.15, 0.2) is 35.3 Å². The standard InChI is InChI=1S/C11H16N2/c1-4-12-11(13(2)3)10-8-6-5-7-9-10/h5-9H,4H2,1-3H3. The van der Waals surface area contributed by atoms with Crippen molar-refractivity contribution in [1.82, 2.24) is 4.90 Å². The number of aliphatic imine (C=N–C) groups is 1. The maximum Gasteiger partial charge on any atom is 0.130 e. The van der Waals surface area contributed by atoms with Crippen LogP contribution in [0, 0.1) is 0 Å². The summed E-state index contributed by atoms with van der Waals surface area (Å²) < 4.78 is 0. The van der Waals surface area contributed by atoms with E-state index in [9.17, 15) is 0 Å². The predicted octanol–water partition coefficient (Wildman–Crippen LogP) is 2.01. The molecule has 0 unspecified atom stereocenters. The van der Waals surface area contributed by atoms with Crippen molar-refractivity contribution in [2.45, 2.75) is 6.92 Å². The van der Waals surface area contributed by atoms with Crippen LogP contribution in [-0.4, -0.2) is 31.4 Å². The number of hydrogen-bond donors (Lipinski definition) is 0. The van der Waals surface area contributed by atoms with Crippen LogP contribution in [0.1, 0.15) is 12.5 Å². The van der Waals surface area contributed by atoms with E-state index >= 15 is 0 Å². The van der Waals surface area contributed by atoms with Crippen LogP contribution in [0.2, 0.25) is 0 Å². The van der Waals surface area contributed by atoms with Gasteiger partial charge in [-0.05, 0) is 6.92 Å². The van der Waals surface area contributed by atoms with E-state index in [1.165, 1.54) is 5.56 Å². The van der Waals surface area contributed by atoms with Gasteiger partial charge in [-0.15, -0.1) is 0 Å². The molecule has 0 fully saturated rings. The second-order valence-corrected chi connectivity index (χ2v) is 3.06. The maximum atomic E-state index is 4.44. The molecule has 0 radical (unpaired) electrons.